The number of anilines is 2. The number of fused-ring (bicyclic) bond motifs is 1. The van der Waals surface area contributed by atoms with Crippen LogP contribution in [0.1, 0.15) is 24.2 Å². The lowest BCUT2D eigenvalue weighted by Gasteiger charge is -2.21. The average Bonchev–Trinajstić information content (AvgIpc) is 3.25. The molecule has 0 bridgehead atoms. The second kappa shape index (κ2) is 8.42. The smallest absolute Gasteiger partial charge is 0.416 e. The summed E-state index contributed by atoms with van der Waals surface area (Å²) in [6.45, 7) is 2.96. The van der Waals surface area contributed by atoms with Crippen LogP contribution >= 0.6 is 11.3 Å². The summed E-state index contributed by atoms with van der Waals surface area (Å²) in [6, 6.07) is 8.55. The molecule has 166 valence electrons. The lowest BCUT2D eigenvalue weighted by Crippen LogP contribution is -2.43. The molecular formula is C21H19FN4O5S. The van der Waals surface area contributed by atoms with Crippen molar-refractivity contribution in [2.75, 3.05) is 17.3 Å². The minimum absolute atomic E-state index is 0.204. The molecule has 0 spiro atoms. The summed E-state index contributed by atoms with van der Waals surface area (Å²) in [7, 11) is 1.56. The standard InChI is InChI=1S/C21H19FN4O5S/c1-10-19(23-11(2)27)31-21(29)26(10)12-4-6-14(15(22)8-12)18(28)25-20-24-16-7-5-13(30-3)9-17(16)32-20/h4-10,19H,1-3H3,(H,23,27)(H,24,25,28)/t10?,19-/m0/s1. The van der Waals surface area contributed by atoms with E-state index in [9.17, 15) is 18.8 Å². The number of ether oxygens (including phenoxy) is 2. The van der Waals surface area contributed by atoms with Gasteiger partial charge < -0.3 is 14.8 Å². The summed E-state index contributed by atoms with van der Waals surface area (Å²) in [6.07, 6.45) is -1.58. The molecule has 2 aromatic carbocycles. The van der Waals surface area contributed by atoms with Crippen molar-refractivity contribution in [2.45, 2.75) is 26.1 Å². The van der Waals surface area contributed by atoms with Crippen molar-refractivity contribution in [2.24, 2.45) is 0 Å². The fourth-order valence-corrected chi connectivity index (χ4v) is 4.23. The molecule has 0 aliphatic carbocycles. The van der Waals surface area contributed by atoms with Gasteiger partial charge in [0.05, 0.1) is 34.6 Å². The van der Waals surface area contributed by atoms with Gasteiger partial charge in [-0.1, -0.05) is 11.3 Å². The normalized spacial score (nSPS) is 17.9. The second-order valence-corrected chi connectivity index (χ2v) is 8.12. The van der Waals surface area contributed by atoms with Crippen molar-refractivity contribution in [1.82, 2.24) is 10.3 Å². The van der Waals surface area contributed by atoms with E-state index in [0.29, 0.717) is 16.4 Å². The minimum Gasteiger partial charge on any atom is -0.497 e. The Bertz CT molecular complexity index is 1230. The lowest BCUT2D eigenvalue weighted by molar-refractivity contribution is -0.121. The quantitative estimate of drug-likeness (QED) is 0.606. The van der Waals surface area contributed by atoms with E-state index in [-0.39, 0.29) is 17.2 Å². The Morgan fingerprint density at radius 3 is 2.72 bits per heavy atom. The van der Waals surface area contributed by atoms with Gasteiger partial charge in [-0.05, 0) is 43.3 Å². The van der Waals surface area contributed by atoms with E-state index in [0.717, 1.165) is 10.8 Å². The van der Waals surface area contributed by atoms with Crippen LogP contribution in [-0.4, -0.2) is 42.3 Å². The maximum Gasteiger partial charge on any atom is 0.416 e. The summed E-state index contributed by atoms with van der Waals surface area (Å²) in [5.74, 6) is -1.18. The van der Waals surface area contributed by atoms with E-state index < -0.39 is 30.1 Å². The van der Waals surface area contributed by atoms with Crippen LogP contribution in [0.3, 0.4) is 0 Å². The number of cyclic esters (lactones) is 1. The van der Waals surface area contributed by atoms with Gasteiger partial charge in [-0.2, -0.15) is 0 Å². The van der Waals surface area contributed by atoms with Crippen LogP contribution in [0, 0.1) is 5.82 Å². The number of aromatic nitrogens is 1. The molecule has 1 aromatic heterocycles. The molecule has 9 nitrogen and oxygen atoms in total. The fraction of sp³-hybridized carbons (Fsp3) is 0.238. The number of methoxy groups -OCH3 is 1. The monoisotopic (exact) mass is 458 g/mol. The van der Waals surface area contributed by atoms with Crippen molar-refractivity contribution in [3.63, 3.8) is 0 Å². The van der Waals surface area contributed by atoms with Gasteiger partial charge in [-0.15, -0.1) is 0 Å². The number of carbonyl (C=O) groups excluding carboxylic acids is 3. The molecule has 32 heavy (non-hydrogen) atoms. The number of benzene rings is 2. The highest BCUT2D eigenvalue weighted by molar-refractivity contribution is 7.22. The van der Waals surface area contributed by atoms with Crippen molar-refractivity contribution in [3.05, 3.63) is 47.8 Å². The Labute approximate surface area is 186 Å². The summed E-state index contributed by atoms with van der Waals surface area (Å²) in [4.78, 5) is 41.6. The predicted molar refractivity (Wildman–Crippen MR) is 117 cm³/mol. The summed E-state index contributed by atoms with van der Waals surface area (Å²) in [5, 5.41) is 5.43. The molecular weight excluding hydrogens is 439 g/mol. The molecule has 4 rings (SSSR count). The van der Waals surface area contributed by atoms with Crippen LogP contribution in [0.2, 0.25) is 0 Å². The van der Waals surface area contributed by atoms with Gasteiger partial charge >= 0.3 is 6.09 Å². The predicted octanol–water partition coefficient (Wildman–Crippen LogP) is 3.50. The first-order chi connectivity index (χ1) is 15.3. The van der Waals surface area contributed by atoms with Gasteiger partial charge in [-0.3, -0.25) is 19.8 Å². The van der Waals surface area contributed by atoms with E-state index >= 15 is 0 Å². The van der Waals surface area contributed by atoms with E-state index in [1.165, 1.54) is 35.3 Å². The Hall–Kier alpha value is -3.73. The van der Waals surface area contributed by atoms with Crippen molar-refractivity contribution >= 4 is 50.3 Å². The molecule has 3 amide bonds. The zero-order valence-corrected chi connectivity index (χ0v) is 18.2. The van der Waals surface area contributed by atoms with Crippen LogP contribution in [0.5, 0.6) is 5.75 Å². The van der Waals surface area contributed by atoms with E-state index in [1.54, 1.807) is 32.2 Å². The molecule has 0 saturated carbocycles. The second-order valence-electron chi connectivity index (χ2n) is 7.09. The zero-order chi connectivity index (χ0) is 23.0. The van der Waals surface area contributed by atoms with Crippen LogP contribution in [0.15, 0.2) is 36.4 Å². The Morgan fingerprint density at radius 1 is 1.25 bits per heavy atom. The van der Waals surface area contributed by atoms with Crippen molar-refractivity contribution < 1.29 is 28.2 Å². The highest BCUT2D eigenvalue weighted by Crippen LogP contribution is 2.31. The molecule has 1 aliphatic rings. The molecule has 1 unspecified atom stereocenters. The first-order valence-corrected chi connectivity index (χ1v) is 10.4. The molecule has 0 radical (unpaired) electrons. The molecule has 1 aliphatic heterocycles. The Balaban J connectivity index is 1.52. The van der Waals surface area contributed by atoms with Crippen LogP contribution < -0.4 is 20.3 Å². The largest absolute Gasteiger partial charge is 0.497 e. The highest BCUT2D eigenvalue weighted by atomic mass is 32.1. The summed E-state index contributed by atoms with van der Waals surface area (Å²) >= 11 is 1.24. The molecule has 2 atom stereocenters. The van der Waals surface area contributed by atoms with Crippen LogP contribution in [0.25, 0.3) is 10.2 Å². The average molecular weight is 458 g/mol. The molecule has 3 aromatic rings. The van der Waals surface area contributed by atoms with E-state index in [4.69, 9.17) is 9.47 Å². The molecule has 1 saturated heterocycles. The SMILES string of the molecule is COc1ccc2nc(NC(=O)c3ccc(N4C(=O)O[C@H](NC(C)=O)C4C)cc3F)sc2c1. The first-order valence-electron chi connectivity index (χ1n) is 9.59. The number of rotatable bonds is 5. The van der Waals surface area contributed by atoms with E-state index in [2.05, 4.69) is 15.6 Å². The third-order valence-electron chi connectivity index (χ3n) is 4.91. The molecule has 2 N–H and O–H groups in total. The summed E-state index contributed by atoms with van der Waals surface area (Å²) < 4.78 is 25.9. The molecule has 1 fully saturated rings. The number of hydrogen-bond donors (Lipinski definition) is 2. The highest BCUT2D eigenvalue weighted by Gasteiger charge is 2.40. The Kier molecular flexibility index (Phi) is 5.66. The maximum atomic E-state index is 14.8. The van der Waals surface area contributed by atoms with Gasteiger partial charge in [0.2, 0.25) is 5.91 Å². The van der Waals surface area contributed by atoms with Crippen LogP contribution in [-0.2, 0) is 9.53 Å². The van der Waals surface area contributed by atoms with Gasteiger partial charge in [-0.25, -0.2) is 14.2 Å². The van der Waals surface area contributed by atoms with Gasteiger partial charge in [0.1, 0.15) is 11.6 Å². The lowest BCUT2D eigenvalue weighted by atomic mass is 10.1. The van der Waals surface area contributed by atoms with Crippen molar-refractivity contribution in [3.8, 4) is 5.75 Å². The number of nitrogens with zero attached hydrogens (tertiary/aromatic N) is 2. The van der Waals surface area contributed by atoms with E-state index in [1.807, 2.05) is 0 Å². The third kappa shape index (κ3) is 4.06. The number of hydrogen-bond acceptors (Lipinski definition) is 7. The number of halogens is 1. The fourth-order valence-electron chi connectivity index (χ4n) is 3.34. The Morgan fingerprint density at radius 2 is 2.03 bits per heavy atom. The van der Waals surface area contributed by atoms with Gasteiger partial charge in [0.15, 0.2) is 11.4 Å². The number of carbonyl (C=O) groups is 3. The zero-order valence-electron chi connectivity index (χ0n) is 17.3. The van der Waals surface area contributed by atoms with Gasteiger partial charge in [0, 0.05) is 6.92 Å². The van der Waals surface area contributed by atoms with Gasteiger partial charge in [0.25, 0.3) is 5.91 Å². The van der Waals surface area contributed by atoms with Crippen LogP contribution in [0.4, 0.5) is 20.0 Å². The van der Waals surface area contributed by atoms with Crippen molar-refractivity contribution in [1.29, 1.82) is 0 Å². The number of amides is 3. The summed E-state index contributed by atoms with van der Waals surface area (Å²) in [5.41, 5.74) is 0.679. The topological polar surface area (TPSA) is 110 Å². The maximum absolute atomic E-state index is 14.8. The number of nitrogens with one attached hydrogen (secondary N) is 2. The molecule has 2 heterocycles. The molecule has 11 heteroatoms. The minimum atomic E-state index is -0.858. The first kappa shape index (κ1) is 21.5. The third-order valence-corrected chi connectivity index (χ3v) is 5.84. The number of thiazole rings is 1.